The molecule has 0 atom stereocenters. The summed E-state index contributed by atoms with van der Waals surface area (Å²) < 4.78 is 13.6. The van der Waals surface area contributed by atoms with Crippen LogP contribution in [0.2, 0.25) is 5.02 Å². The van der Waals surface area contributed by atoms with Crippen LogP contribution in [0.3, 0.4) is 0 Å². The highest BCUT2D eigenvalue weighted by Crippen LogP contribution is 2.27. The number of hydrogen-bond donors (Lipinski definition) is 1. The van der Waals surface area contributed by atoms with Gasteiger partial charge in [-0.3, -0.25) is 4.79 Å². The number of halogens is 2. The highest BCUT2D eigenvalue weighted by atomic mass is 79.9. The van der Waals surface area contributed by atoms with E-state index in [2.05, 4.69) is 31.4 Å². The lowest BCUT2D eigenvalue weighted by Gasteiger charge is -2.08. The fraction of sp³-hybridized carbons (Fsp3) is 0.211. The van der Waals surface area contributed by atoms with Crippen molar-refractivity contribution in [2.75, 3.05) is 18.2 Å². The predicted molar refractivity (Wildman–Crippen MR) is 117 cm³/mol. The van der Waals surface area contributed by atoms with Crippen molar-refractivity contribution in [2.24, 2.45) is 7.05 Å². The molecule has 10 heteroatoms. The average molecular weight is 498 g/mol. The van der Waals surface area contributed by atoms with Gasteiger partial charge < -0.3 is 19.4 Å². The highest BCUT2D eigenvalue weighted by molar-refractivity contribution is 9.10. The summed E-state index contributed by atoms with van der Waals surface area (Å²) in [5.74, 6) is 1.96. The summed E-state index contributed by atoms with van der Waals surface area (Å²) in [5.41, 5.74) is 0.600. The molecular weight excluding hydrogens is 480 g/mol. The van der Waals surface area contributed by atoms with Gasteiger partial charge in [-0.15, -0.1) is 10.2 Å². The molecule has 0 bridgehead atoms. The van der Waals surface area contributed by atoms with E-state index >= 15 is 0 Å². The van der Waals surface area contributed by atoms with Crippen LogP contribution >= 0.6 is 39.3 Å². The summed E-state index contributed by atoms with van der Waals surface area (Å²) in [6.07, 6.45) is 0. The molecule has 3 rings (SSSR count). The fourth-order valence-corrected chi connectivity index (χ4v) is 3.60. The van der Waals surface area contributed by atoms with Crippen molar-refractivity contribution in [1.29, 1.82) is 0 Å². The van der Waals surface area contributed by atoms with E-state index < -0.39 is 0 Å². The summed E-state index contributed by atoms with van der Waals surface area (Å²) in [5, 5.41) is 12.1. The maximum Gasteiger partial charge on any atom is 0.234 e. The zero-order valence-corrected chi connectivity index (χ0v) is 18.8. The van der Waals surface area contributed by atoms with Crippen molar-refractivity contribution in [3.8, 4) is 11.5 Å². The summed E-state index contributed by atoms with van der Waals surface area (Å²) in [6, 6.07) is 12.6. The summed E-state index contributed by atoms with van der Waals surface area (Å²) in [6.45, 7) is 0.280. The number of amides is 1. The van der Waals surface area contributed by atoms with Gasteiger partial charge in [0.2, 0.25) is 5.91 Å². The molecule has 29 heavy (non-hydrogen) atoms. The minimum atomic E-state index is -0.174. The Labute approximate surface area is 185 Å². The molecule has 0 radical (unpaired) electrons. The molecule has 1 amide bonds. The lowest BCUT2D eigenvalue weighted by Crippen LogP contribution is -2.14. The standard InChI is InChI=1S/C19H18BrClN4O3S/c1-25-17(10-28-14-6-3-12(20)4-7-14)23-24-19(25)29-11-18(26)22-13-5-8-16(27-2)15(21)9-13/h3-9H,10-11H2,1-2H3,(H,22,26). The van der Waals surface area contributed by atoms with Gasteiger partial charge in [-0.2, -0.15) is 0 Å². The SMILES string of the molecule is COc1ccc(NC(=O)CSc2nnc(COc3ccc(Br)cc3)n2C)cc1Cl. The van der Waals surface area contributed by atoms with E-state index in [0.717, 1.165) is 10.2 Å². The monoisotopic (exact) mass is 496 g/mol. The maximum absolute atomic E-state index is 12.2. The second kappa shape index (κ2) is 10.00. The molecule has 1 heterocycles. The van der Waals surface area contributed by atoms with Crippen LogP contribution in [0, 0.1) is 0 Å². The summed E-state index contributed by atoms with van der Waals surface area (Å²) in [7, 11) is 3.37. The largest absolute Gasteiger partial charge is 0.495 e. The van der Waals surface area contributed by atoms with Crippen molar-refractivity contribution >= 4 is 50.9 Å². The van der Waals surface area contributed by atoms with E-state index in [0.29, 0.717) is 27.4 Å². The van der Waals surface area contributed by atoms with Gasteiger partial charge in [0.05, 0.1) is 17.9 Å². The Balaban J connectivity index is 1.52. The van der Waals surface area contributed by atoms with Crippen molar-refractivity contribution in [2.45, 2.75) is 11.8 Å². The maximum atomic E-state index is 12.2. The van der Waals surface area contributed by atoms with E-state index in [1.807, 2.05) is 31.3 Å². The van der Waals surface area contributed by atoms with Gasteiger partial charge in [0, 0.05) is 17.2 Å². The Morgan fingerprint density at radius 1 is 1.24 bits per heavy atom. The summed E-state index contributed by atoms with van der Waals surface area (Å²) in [4.78, 5) is 12.2. The van der Waals surface area contributed by atoms with Crippen molar-refractivity contribution in [3.05, 3.63) is 57.8 Å². The average Bonchev–Trinajstić information content (AvgIpc) is 3.06. The zero-order valence-electron chi connectivity index (χ0n) is 15.7. The number of nitrogens with one attached hydrogen (secondary N) is 1. The Morgan fingerprint density at radius 2 is 2.00 bits per heavy atom. The van der Waals surface area contributed by atoms with Gasteiger partial charge in [-0.1, -0.05) is 39.3 Å². The number of thioether (sulfide) groups is 1. The Kier molecular flexibility index (Phi) is 7.40. The molecule has 0 aliphatic heterocycles. The first kappa shape index (κ1) is 21.5. The third kappa shape index (κ3) is 5.88. The van der Waals surface area contributed by atoms with Crippen LogP contribution in [0.5, 0.6) is 11.5 Å². The molecule has 2 aromatic carbocycles. The van der Waals surface area contributed by atoms with Crippen LogP contribution in [0.4, 0.5) is 5.69 Å². The molecule has 0 saturated carbocycles. The lowest BCUT2D eigenvalue weighted by atomic mass is 10.3. The molecular formula is C19H18BrClN4O3S. The molecule has 0 aliphatic carbocycles. The molecule has 0 aliphatic rings. The highest BCUT2D eigenvalue weighted by Gasteiger charge is 2.13. The number of benzene rings is 2. The first-order chi connectivity index (χ1) is 14.0. The van der Waals surface area contributed by atoms with E-state index in [-0.39, 0.29) is 18.3 Å². The second-order valence-electron chi connectivity index (χ2n) is 5.89. The number of rotatable bonds is 8. The second-order valence-corrected chi connectivity index (χ2v) is 8.15. The minimum Gasteiger partial charge on any atom is -0.495 e. The van der Waals surface area contributed by atoms with Crippen LogP contribution in [-0.4, -0.2) is 33.5 Å². The number of hydrogen-bond acceptors (Lipinski definition) is 6. The molecule has 1 N–H and O–H groups in total. The van der Waals surface area contributed by atoms with Gasteiger partial charge in [0.15, 0.2) is 11.0 Å². The third-order valence-corrected chi connectivity index (χ3v) is 5.72. The van der Waals surface area contributed by atoms with Gasteiger partial charge in [-0.25, -0.2) is 0 Å². The van der Waals surface area contributed by atoms with Gasteiger partial charge >= 0.3 is 0 Å². The quantitative estimate of drug-likeness (QED) is 0.460. The topological polar surface area (TPSA) is 78.3 Å². The smallest absolute Gasteiger partial charge is 0.234 e. The van der Waals surface area contributed by atoms with Crippen molar-refractivity contribution in [1.82, 2.24) is 14.8 Å². The van der Waals surface area contributed by atoms with E-state index in [1.54, 1.807) is 22.8 Å². The van der Waals surface area contributed by atoms with E-state index in [4.69, 9.17) is 21.1 Å². The molecule has 1 aromatic heterocycles. The van der Waals surface area contributed by atoms with Crippen molar-refractivity contribution < 1.29 is 14.3 Å². The summed E-state index contributed by atoms with van der Waals surface area (Å²) >= 11 is 10.7. The number of aromatic nitrogens is 3. The minimum absolute atomic E-state index is 0.174. The predicted octanol–water partition coefficient (Wildman–Crippen LogP) is 4.55. The normalized spacial score (nSPS) is 10.6. The molecule has 0 saturated heterocycles. The van der Waals surface area contributed by atoms with Gasteiger partial charge in [0.1, 0.15) is 18.1 Å². The fourth-order valence-electron chi connectivity index (χ4n) is 2.35. The van der Waals surface area contributed by atoms with Crippen molar-refractivity contribution in [3.63, 3.8) is 0 Å². The Hall–Kier alpha value is -2.23. The van der Waals surface area contributed by atoms with Gasteiger partial charge in [0.25, 0.3) is 0 Å². The number of nitrogens with zero attached hydrogens (tertiary/aromatic N) is 3. The molecule has 152 valence electrons. The van der Waals surface area contributed by atoms with Crippen LogP contribution < -0.4 is 14.8 Å². The number of methoxy groups -OCH3 is 1. The van der Waals surface area contributed by atoms with E-state index in [1.165, 1.54) is 18.9 Å². The van der Waals surface area contributed by atoms with Crippen LogP contribution in [-0.2, 0) is 18.4 Å². The first-order valence-electron chi connectivity index (χ1n) is 8.49. The molecule has 3 aromatic rings. The Morgan fingerprint density at radius 3 is 2.69 bits per heavy atom. The number of anilines is 1. The molecule has 7 nitrogen and oxygen atoms in total. The first-order valence-corrected chi connectivity index (χ1v) is 10.6. The van der Waals surface area contributed by atoms with Gasteiger partial charge in [-0.05, 0) is 42.5 Å². The number of carbonyl (C=O) groups excluding carboxylic acids is 1. The van der Waals surface area contributed by atoms with E-state index in [9.17, 15) is 4.79 Å². The Bertz CT molecular complexity index is 998. The van der Waals surface area contributed by atoms with Crippen LogP contribution in [0.1, 0.15) is 5.82 Å². The number of carbonyl (C=O) groups is 1. The molecule has 0 unspecified atom stereocenters. The molecule has 0 spiro atoms. The van der Waals surface area contributed by atoms with Crippen LogP contribution in [0.25, 0.3) is 0 Å². The lowest BCUT2D eigenvalue weighted by molar-refractivity contribution is -0.113. The molecule has 0 fully saturated rings. The zero-order chi connectivity index (χ0) is 20.8. The number of ether oxygens (including phenoxy) is 2. The third-order valence-electron chi connectivity index (χ3n) is 3.87. The van der Waals surface area contributed by atoms with Crippen LogP contribution in [0.15, 0.2) is 52.1 Å².